The molecule has 94 valence electrons. The van der Waals surface area contributed by atoms with Gasteiger partial charge in [0.2, 0.25) is 0 Å². The van der Waals surface area contributed by atoms with Crippen LogP contribution in [0.1, 0.15) is 32.3 Å². The monoisotopic (exact) mass is 251 g/mol. The summed E-state index contributed by atoms with van der Waals surface area (Å²) in [5, 5.41) is 0. The van der Waals surface area contributed by atoms with Gasteiger partial charge < -0.3 is 4.90 Å². The molecule has 0 amide bonds. The fourth-order valence-corrected chi connectivity index (χ4v) is 3.28. The lowest BCUT2D eigenvalue weighted by Gasteiger charge is -2.38. The van der Waals surface area contributed by atoms with Gasteiger partial charge in [0.25, 0.3) is 0 Å². The van der Waals surface area contributed by atoms with Gasteiger partial charge in [-0.05, 0) is 27.2 Å². The molecule has 2 heterocycles. The highest BCUT2D eigenvalue weighted by atomic mass is 32.2. The van der Waals surface area contributed by atoms with E-state index >= 15 is 0 Å². The van der Waals surface area contributed by atoms with Crippen molar-refractivity contribution in [2.45, 2.75) is 38.9 Å². The standard InChI is InChI=1S/C13H21N3S/c1-5-11-8-12(15-10(2)14-11)16-6-7-17-13(3,4)9-16/h8H,5-7,9H2,1-4H3. The molecular weight excluding hydrogens is 230 g/mol. The highest BCUT2D eigenvalue weighted by Crippen LogP contribution is 2.31. The van der Waals surface area contributed by atoms with Crippen LogP contribution in [-0.2, 0) is 6.42 Å². The zero-order chi connectivity index (χ0) is 12.5. The van der Waals surface area contributed by atoms with Gasteiger partial charge in [-0.2, -0.15) is 11.8 Å². The molecule has 2 rings (SSSR count). The van der Waals surface area contributed by atoms with Gasteiger partial charge >= 0.3 is 0 Å². The third kappa shape index (κ3) is 3.12. The first-order valence-electron chi connectivity index (χ1n) is 6.23. The lowest BCUT2D eigenvalue weighted by Crippen LogP contribution is -2.43. The number of anilines is 1. The van der Waals surface area contributed by atoms with Crippen LogP contribution in [0.4, 0.5) is 5.82 Å². The number of hydrogen-bond donors (Lipinski definition) is 0. The Morgan fingerprint density at radius 1 is 1.41 bits per heavy atom. The fourth-order valence-electron chi connectivity index (χ4n) is 2.17. The van der Waals surface area contributed by atoms with Gasteiger partial charge in [0.15, 0.2) is 0 Å². The van der Waals surface area contributed by atoms with E-state index in [0.717, 1.165) is 36.8 Å². The molecule has 1 aliphatic rings. The van der Waals surface area contributed by atoms with E-state index in [4.69, 9.17) is 0 Å². The molecule has 0 saturated carbocycles. The van der Waals surface area contributed by atoms with Crippen LogP contribution in [0.15, 0.2) is 6.07 Å². The second kappa shape index (κ2) is 4.84. The molecule has 1 saturated heterocycles. The van der Waals surface area contributed by atoms with Crippen LogP contribution in [0.2, 0.25) is 0 Å². The van der Waals surface area contributed by atoms with E-state index in [1.807, 2.05) is 18.7 Å². The van der Waals surface area contributed by atoms with Gasteiger partial charge in [0.1, 0.15) is 11.6 Å². The van der Waals surface area contributed by atoms with Crippen molar-refractivity contribution in [1.82, 2.24) is 9.97 Å². The SMILES string of the molecule is CCc1cc(N2CCSC(C)(C)C2)nc(C)n1. The quantitative estimate of drug-likeness (QED) is 0.808. The number of thioether (sulfide) groups is 1. The Hall–Kier alpha value is -0.770. The zero-order valence-corrected chi connectivity index (χ0v) is 12.0. The summed E-state index contributed by atoms with van der Waals surface area (Å²) in [4.78, 5) is 11.4. The predicted octanol–water partition coefficient (Wildman–Crippen LogP) is 2.68. The summed E-state index contributed by atoms with van der Waals surface area (Å²) in [5.74, 6) is 3.16. The number of nitrogens with zero attached hydrogens (tertiary/aromatic N) is 3. The van der Waals surface area contributed by atoms with E-state index in [0.29, 0.717) is 4.75 Å². The maximum absolute atomic E-state index is 4.58. The summed E-state index contributed by atoms with van der Waals surface area (Å²) < 4.78 is 0.323. The largest absolute Gasteiger partial charge is 0.354 e. The molecule has 0 radical (unpaired) electrons. The van der Waals surface area contributed by atoms with E-state index in [2.05, 4.69) is 41.7 Å². The third-order valence-corrected chi connectivity index (χ3v) is 4.29. The van der Waals surface area contributed by atoms with Gasteiger partial charge in [-0.1, -0.05) is 6.92 Å². The Balaban J connectivity index is 2.24. The Bertz CT molecular complexity index is 404. The first kappa shape index (κ1) is 12.7. The zero-order valence-electron chi connectivity index (χ0n) is 11.2. The van der Waals surface area contributed by atoms with Crippen LogP contribution in [0.3, 0.4) is 0 Å². The van der Waals surface area contributed by atoms with Crippen molar-refractivity contribution >= 4 is 17.6 Å². The van der Waals surface area contributed by atoms with Crippen molar-refractivity contribution in [1.29, 1.82) is 0 Å². The Morgan fingerprint density at radius 3 is 2.82 bits per heavy atom. The lowest BCUT2D eigenvalue weighted by molar-refractivity contribution is 0.640. The number of hydrogen-bond acceptors (Lipinski definition) is 4. The molecule has 1 aromatic heterocycles. The maximum Gasteiger partial charge on any atom is 0.132 e. The topological polar surface area (TPSA) is 29.0 Å². The average Bonchev–Trinajstić information content (AvgIpc) is 2.27. The van der Waals surface area contributed by atoms with E-state index in [-0.39, 0.29) is 0 Å². The van der Waals surface area contributed by atoms with Crippen LogP contribution in [0.5, 0.6) is 0 Å². The van der Waals surface area contributed by atoms with Crippen molar-refractivity contribution in [3.05, 3.63) is 17.6 Å². The van der Waals surface area contributed by atoms with Gasteiger partial charge in [-0.3, -0.25) is 0 Å². The molecule has 0 unspecified atom stereocenters. The highest BCUT2D eigenvalue weighted by Gasteiger charge is 2.27. The maximum atomic E-state index is 4.58. The molecule has 17 heavy (non-hydrogen) atoms. The van der Waals surface area contributed by atoms with Gasteiger partial charge in [0.05, 0.1) is 0 Å². The smallest absolute Gasteiger partial charge is 0.132 e. The normalized spacial score (nSPS) is 19.4. The first-order chi connectivity index (χ1) is 8.00. The van der Waals surface area contributed by atoms with Crippen LogP contribution in [-0.4, -0.2) is 33.6 Å². The fraction of sp³-hybridized carbons (Fsp3) is 0.692. The number of rotatable bonds is 2. The van der Waals surface area contributed by atoms with Gasteiger partial charge in [-0.15, -0.1) is 0 Å². The number of aromatic nitrogens is 2. The van der Waals surface area contributed by atoms with Crippen LogP contribution in [0, 0.1) is 6.92 Å². The molecule has 4 heteroatoms. The van der Waals surface area contributed by atoms with E-state index in [1.54, 1.807) is 0 Å². The summed E-state index contributed by atoms with van der Waals surface area (Å²) >= 11 is 2.05. The molecule has 0 atom stereocenters. The van der Waals surface area contributed by atoms with Crippen molar-refractivity contribution in [2.75, 3.05) is 23.7 Å². The van der Waals surface area contributed by atoms with Crippen molar-refractivity contribution < 1.29 is 0 Å². The van der Waals surface area contributed by atoms with Crippen molar-refractivity contribution in [2.24, 2.45) is 0 Å². The molecule has 1 aliphatic heterocycles. The Kier molecular flexibility index (Phi) is 3.61. The molecule has 0 aliphatic carbocycles. The molecule has 3 nitrogen and oxygen atoms in total. The van der Waals surface area contributed by atoms with E-state index in [9.17, 15) is 0 Å². The van der Waals surface area contributed by atoms with Gasteiger partial charge in [0, 0.05) is 35.3 Å². The minimum atomic E-state index is 0.323. The van der Waals surface area contributed by atoms with E-state index in [1.165, 1.54) is 5.75 Å². The summed E-state index contributed by atoms with van der Waals surface area (Å²) in [6.07, 6.45) is 0.975. The number of aryl methyl sites for hydroxylation is 2. The molecular formula is C13H21N3S. The Labute approximate surface area is 108 Å². The summed E-state index contributed by atoms with van der Waals surface area (Å²) in [7, 11) is 0. The summed E-state index contributed by atoms with van der Waals surface area (Å²) in [5.41, 5.74) is 1.14. The Morgan fingerprint density at radius 2 is 2.18 bits per heavy atom. The third-order valence-electron chi connectivity index (χ3n) is 2.99. The molecule has 0 N–H and O–H groups in total. The lowest BCUT2D eigenvalue weighted by atomic mass is 10.2. The predicted molar refractivity (Wildman–Crippen MR) is 74.9 cm³/mol. The second-order valence-electron chi connectivity index (χ2n) is 5.15. The van der Waals surface area contributed by atoms with E-state index < -0.39 is 0 Å². The molecule has 0 bridgehead atoms. The van der Waals surface area contributed by atoms with Crippen LogP contribution in [0.25, 0.3) is 0 Å². The van der Waals surface area contributed by atoms with Crippen LogP contribution >= 0.6 is 11.8 Å². The first-order valence-corrected chi connectivity index (χ1v) is 7.22. The van der Waals surface area contributed by atoms with Gasteiger partial charge in [-0.25, -0.2) is 9.97 Å². The molecule has 1 fully saturated rings. The summed E-state index contributed by atoms with van der Waals surface area (Å²) in [6, 6.07) is 2.14. The molecule has 1 aromatic rings. The summed E-state index contributed by atoms with van der Waals surface area (Å²) in [6.45, 7) is 10.9. The minimum absolute atomic E-state index is 0.323. The average molecular weight is 251 g/mol. The molecule has 0 spiro atoms. The highest BCUT2D eigenvalue weighted by molar-refractivity contribution is 8.00. The second-order valence-corrected chi connectivity index (χ2v) is 6.95. The van der Waals surface area contributed by atoms with Crippen LogP contribution < -0.4 is 4.90 Å². The van der Waals surface area contributed by atoms with Crippen molar-refractivity contribution in [3.8, 4) is 0 Å². The minimum Gasteiger partial charge on any atom is -0.354 e. The van der Waals surface area contributed by atoms with Crippen molar-refractivity contribution in [3.63, 3.8) is 0 Å². The molecule has 0 aromatic carbocycles.